The summed E-state index contributed by atoms with van der Waals surface area (Å²) in [5.74, 6) is -48.1. The van der Waals surface area contributed by atoms with Gasteiger partial charge in [0, 0.05) is 10.8 Å². The predicted octanol–water partition coefficient (Wildman–Crippen LogP) is 2.97. The minimum Gasteiger partial charge on any atom is -0.505 e. The Balaban J connectivity index is 1.58. The highest BCUT2D eigenvalue weighted by atomic mass is 16.4. The monoisotopic (exact) mass is 1010 g/mol. The zero-order valence-corrected chi connectivity index (χ0v) is 34.4. The van der Waals surface area contributed by atoms with Crippen LogP contribution in [0.5, 0.6) is 161 Å². The third kappa shape index (κ3) is 5.02. The summed E-state index contributed by atoms with van der Waals surface area (Å²) in [7, 11) is 0. The van der Waals surface area contributed by atoms with Crippen LogP contribution in [-0.4, -0.2) is 152 Å². The van der Waals surface area contributed by atoms with Gasteiger partial charge < -0.3 is 143 Å². The fraction of sp³-hybridized carbons (Fsp3) is 0. The molecule has 374 valence electrons. The van der Waals surface area contributed by atoms with Crippen molar-refractivity contribution in [3.05, 3.63) is 0 Å². The molecule has 7 aromatic carbocycles. The van der Waals surface area contributed by atoms with Crippen LogP contribution >= 0.6 is 0 Å². The molecule has 9 rings (SSSR count). The second-order valence-electron chi connectivity index (χ2n) is 15.5. The van der Waals surface area contributed by atoms with Gasteiger partial charge in [0.25, 0.3) is 0 Å². The minimum absolute atomic E-state index is 0.0398. The molecule has 2 aromatic heterocycles. The van der Waals surface area contributed by atoms with Crippen molar-refractivity contribution in [2.45, 2.75) is 0 Å². The largest absolute Gasteiger partial charge is 0.505 e. The Kier molecular flexibility index (Phi) is 8.91. The predicted molar refractivity (Wildman–Crippen MR) is 233 cm³/mol. The van der Waals surface area contributed by atoms with Crippen LogP contribution in [0.15, 0.2) is 0 Å². The van der Waals surface area contributed by atoms with Crippen molar-refractivity contribution >= 4 is 43.6 Å². The van der Waals surface area contributed by atoms with Gasteiger partial charge in [0.15, 0.2) is 97.7 Å². The van der Waals surface area contributed by atoms with E-state index in [0.29, 0.717) is 0 Å². The summed E-state index contributed by atoms with van der Waals surface area (Å²) in [5.41, 5.74) is -14.5. The maximum absolute atomic E-state index is 12.1. The van der Waals surface area contributed by atoms with Crippen LogP contribution in [0.2, 0.25) is 0 Å². The third-order valence-electron chi connectivity index (χ3n) is 12.0. The topological polar surface area (TPSA) is 576 Å². The number of benzene rings is 7. The second-order valence-corrected chi connectivity index (χ2v) is 15.5. The molecule has 0 aliphatic rings. The number of fused-ring (bicyclic) bond motifs is 7. The van der Waals surface area contributed by atoms with Gasteiger partial charge in [0.05, 0.1) is 33.0 Å². The zero-order chi connectivity index (χ0) is 53.4. The maximum Gasteiger partial charge on any atom is 0.208 e. The fourth-order valence-corrected chi connectivity index (χ4v) is 8.68. The van der Waals surface area contributed by atoms with Gasteiger partial charge in [0.1, 0.15) is 33.4 Å². The van der Waals surface area contributed by atoms with Crippen molar-refractivity contribution < 1.29 is 143 Å². The van der Waals surface area contributed by atoms with Gasteiger partial charge in [-0.2, -0.15) is 0 Å². The number of phenols is 28. The quantitative estimate of drug-likeness (QED) is 0.0890. The van der Waals surface area contributed by atoms with E-state index in [2.05, 4.69) is 0 Å². The Labute approximate surface area is 389 Å². The number of nitrogens with zero attached hydrogens (tertiary/aromatic N) is 2. The summed E-state index contributed by atoms with van der Waals surface area (Å²) in [6.45, 7) is 0. The number of hydrogen-bond donors (Lipinski definition) is 28. The first kappa shape index (κ1) is 45.7. The molecule has 9 aromatic rings. The summed E-state index contributed by atoms with van der Waals surface area (Å²) in [5, 5.41) is 304. The number of phenolic OH excluding ortho intramolecular Hbond substituents is 28. The van der Waals surface area contributed by atoms with E-state index >= 15 is 0 Å². The number of rotatable bonds is 4. The summed E-state index contributed by atoms with van der Waals surface area (Å²) >= 11 is 0. The lowest BCUT2D eigenvalue weighted by molar-refractivity contribution is 0.329. The number of aromatic nitrogens is 2. The van der Waals surface area contributed by atoms with Crippen molar-refractivity contribution in [1.29, 1.82) is 0 Å². The molecule has 0 bridgehead atoms. The summed E-state index contributed by atoms with van der Waals surface area (Å²) < 4.78 is 0.0833. The molecule has 72 heavy (non-hydrogen) atoms. The van der Waals surface area contributed by atoms with E-state index in [-0.39, 0.29) is 9.13 Å². The SMILES string of the molecule is Oc1c(O)c(O)c(-c2c(O)c(O)c(-n3c4c(O)c(O)c(O)c(O)c4c4c5c6c(O)c(O)c(O)c(O)c6n(-c6c(O)c(O)c(O)c(-c7c(O)c(O)c(O)c(O)c7O)c6O)c5c(O)c(O)c43)c(O)c2O)c(O)c1O. The molecule has 0 aliphatic heterocycles. The van der Waals surface area contributed by atoms with Crippen molar-refractivity contribution in [2.24, 2.45) is 0 Å². The highest BCUT2D eigenvalue weighted by Gasteiger charge is 2.41. The molecule has 30 nitrogen and oxygen atoms in total. The zero-order valence-electron chi connectivity index (χ0n) is 34.4. The average Bonchev–Trinajstić information content (AvgIpc) is 3.88. The van der Waals surface area contributed by atoms with Crippen molar-refractivity contribution in [2.75, 3.05) is 0 Å². The van der Waals surface area contributed by atoms with Crippen molar-refractivity contribution in [1.82, 2.24) is 9.13 Å². The van der Waals surface area contributed by atoms with Crippen LogP contribution < -0.4 is 0 Å². The molecule has 0 atom stereocenters. The highest BCUT2D eigenvalue weighted by molar-refractivity contribution is 6.35. The Morgan fingerprint density at radius 2 is 0.306 bits per heavy atom. The molecule has 0 spiro atoms. The Morgan fingerprint density at radius 3 is 0.611 bits per heavy atom. The molecule has 0 radical (unpaired) electrons. The van der Waals surface area contributed by atoms with E-state index in [0.717, 1.165) is 0 Å². The Bertz CT molecular complexity index is 3990. The van der Waals surface area contributed by atoms with Crippen LogP contribution in [0.1, 0.15) is 0 Å². The Hall–Kier alpha value is -11.5. The first-order chi connectivity index (χ1) is 33.5. The van der Waals surface area contributed by atoms with Gasteiger partial charge in [-0.15, -0.1) is 0 Å². The van der Waals surface area contributed by atoms with E-state index in [1.165, 1.54) is 0 Å². The third-order valence-corrected chi connectivity index (χ3v) is 12.0. The van der Waals surface area contributed by atoms with Crippen molar-refractivity contribution in [3.8, 4) is 195 Å². The molecule has 0 saturated carbocycles. The fourth-order valence-electron chi connectivity index (χ4n) is 8.68. The lowest BCUT2D eigenvalue weighted by Crippen LogP contribution is -2.00. The van der Waals surface area contributed by atoms with Gasteiger partial charge in [-0.25, -0.2) is 0 Å². The Morgan fingerprint density at radius 1 is 0.139 bits per heavy atom. The van der Waals surface area contributed by atoms with Gasteiger partial charge >= 0.3 is 0 Å². The lowest BCUT2D eigenvalue weighted by Gasteiger charge is -2.21. The van der Waals surface area contributed by atoms with E-state index in [9.17, 15) is 143 Å². The molecule has 30 heteroatoms. The van der Waals surface area contributed by atoms with E-state index in [4.69, 9.17) is 0 Å². The maximum atomic E-state index is 12.1. The van der Waals surface area contributed by atoms with Crippen LogP contribution in [0.3, 0.4) is 0 Å². The standard InChI is InChI=1S/C42H28N2O28/c45-15-5(6-21(51)35(65)41(71)36(66)22(6)52)20(50)32(62)31(61)13(15)43-9-1(3-11(43)27(57)39(69)33(63)16(3)46)2-4-12(28(58)40(70)34(64)17(4)47)44(10(2)26(56)25(9)55)14-29(59)18(48)7(19(49)30(14)60)8-23(53)37(67)42(72)38(68)24(8)54/h45-72H. The molecule has 0 unspecified atom stereocenters. The molecule has 0 saturated heterocycles. The molecule has 0 fully saturated rings. The van der Waals surface area contributed by atoms with Gasteiger partial charge in [-0.05, 0) is 0 Å². The number of aromatic hydroxyl groups is 28. The highest BCUT2D eigenvalue weighted by Crippen LogP contribution is 2.68. The first-order valence-corrected chi connectivity index (χ1v) is 19.1. The molecular formula is C42H28N2O28. The normalized spacial score (nSPS) is 11.8. The summed E-state index contributed by atoms with van der Waals surface area (Å²) in [6, 6.07) is 0. The van der Waals surface area contributed by atoms with E-state index in [1.807, 2.05) is 0 Å². The molecular weight excluding hydrogens is 980 g/mol. The van der Waals surface area contributed by atoms with Crippen molar-refractivity contribution in [3.63, 3.8) is 0 Å². The molecule has 2 heterocycles. The second kappa shape index (κ2) is 14.0. The average molecular weight is 1010 g/mol. The van der Waals surface area contributed by atoms with Crippen LogP contribution in [0, 0.1) is 0 Å². The summed E-state index contributed by atoms with van der Waals surface area (Å²) in [4.78, 5) is 0. The van der Waals surface area contributed by atoms with Gasteiger partial charge in [0.2, 0.25) is 63.2 Å². The minimum atomic E-state index is -1.85. The molecule has 28 N–H and O–H groups in total. The number of hydrogen-bond acceptors (Lipinski definition) is 28. The van der Waals surface area contributed by atoms with Crippen LogP contribution in [-0.2, 0) is 0 Å². The van der Waals surface area contributed by atoms with E-state index < -0.39 is 238 Å². The molecule has 0 aliphatic carbocycles. The van der Waals surface area contributed by atoms with E-state index in [1.54, 1.807) is 0 Å². The smallest absolute Gasteiger partial charge is 0.208 e. The molecule has 0 amide bonds. The first-order valence-electron chi connectivity index (χ1n) is 19.1. The lowest BCUT2D eigenvalue weighted by atomic mass is 9.97. The van der Waals surface area contributed by atoms with Gasteiger partial charge in [-0.1, -0.05) is 0 Å². The van der Waals surface area contributed by atoms with Crippen LogP contribution in [0.25, 0.3) is 77.2 Å². The van der Waals surface area contributed by atoms with Gasteiger partial charge in [-0.3, -0.25) is 9.13 Å². The summed E-state index contributed by atoms with van der Waals surface area (Å²) in [6.07, 6.45) is 0. The van der Waals surface area contributed by atoms with Crippen LogP contribution in [0.4, 0.5) is 0 Å².